The molecule has 22 heavy (non-hydrogen) atoms. The first-order chi connectivity index (χ1) is 10.7. The molecule has 1 aliphatic rings. The summed E-state index contributed by atoms with van der Waals surface area (Å²) >= 11 is 0. The van der Waals surface area contributed by atoms with Crippen LogP contribution in [0, 0.1) is 6.92 Å². The Morgan fingerprint density at radius 2 is 2.18 bits per heavy atom. The van der Waals surface area contributed by atoms with E-state index in [1.807, 2.05) is 13.0 Å². The number of benzene rings is 1. The van der Waals surface area contributed by atoms with E-state index in [4.69, 9.17) is 4.52 Å². The van der Waals surface area contributed by atoms with Gasteiger partial charge in [0, 0.05) is 19.2 Å². The largest absolute Gasteiger partial charge is 0.359 e. The molecule has 0 amide bonds. The molecule has 0 radical (unpaired) electrons. The van der Waals surface area contributed by atoms with Crippen LogP contribution in [0.5, 0.6) is 0 Å². The molecule has 1 aromatic heterocycles. The maximum atomic E-state index is 5.20. The SMILES string of the molecule is CN=C(NCc1cc(C)no1)NC1CCc2ccccc2C1. The number of hydrogen-bond donors (Lipinski definition) is 2. The highest BCUT2D eigenvalue weighted by Crippen LogP contribution is 2.20. The number of guanidine groups is 1. The molecule has 0 fully saturated rings. The molecule has 0 spiro atoms. The van der Waals surface area contributed by atoms with Crippen molar-refractivity contribution in [3.05, 3.63) is 52.9 Å². The van der Waals surface area contributed by atoms with Crippen LogP contribution >= 0.6 is 0 Å². The maximum Gasteiger partial charge on any atom is 0.191 e. The third kappa shape index (κ3) is 3.47. The minimum absolute atomic E-state index is 0.414. The number of aliphatic imine (C=N–C) groups is 1. The molecule has 1 unspecified atom stereocenters. The first kappa shape index (κ1) is 14.6. The van der Waals surface area contributed by atoms with Gasteiger partial charge in [-0.2, -0.15) is 0 Å². The van der Waals surface area contributed by atoms with E-state index < -0.39 is 0 Å². The molecule has 5 heteroatoms. The van der Waals surface area contributed by atoms with E-state index in [2.05, 4.69) is 45.0 Å². The van der Waals surface area contributed by atoms with Crippen molar-refractivity contribution in [3.8, 4) is 0 Å². The predicted octanol–water partition coefficient (Wildman–Crippen LogP) is 2.21. The molecule has 1 aromatic carbocycles. The second-order valence-corrected chi connectivity index (χ2v) is 5.71. The number of hydrogen-bond acceptors (Lipinski definition) is 3. The Balaban J connectivity index is 1.55. The quantitative estimate of drug-likeness (QED) is 0.673. The van der Waals surface area contributed by atoms with Crippen molar-refractivity contribution in [3.63, 3.8) is 0 Å². The summed E-state index contributed by atoms with van der Waals surface area (Å²) in [7, 11) is 1.79. The summed E-state index contributed by atoms with van der Waals surface area (Å²) in [5, 5.41) is 10.7. The topological polar surface area (TPSA) is 62.5 Å². The summed E-state index contributed by atoms with van der Waals surface area (Å²) < 4.78 is 5.20. The summed E-state index contributed by atoms with van der Waals surface area (Å²) in [5.41, 5.74) is 3.80. The molecule has 2 N–H and O–H groups in total. The molecule has 0 saturated heterocycles. The van der Waals surface area contributed by atoms with E-state index in [1.54, 1.807) is 7.05 Å². The molecule has 0 aliphatic heterocycles. The van der Waals surface area contributed by atoms with Gasteiger partial charge in [-0.15, -0.1) is 0 Å². The molecule has 116 valence electrons. The van der Waals surface area contributed by atoms with Crippen molar-refractivity contribution >= 4 is 5.96 Å². The molecular weight excluding hydrogens is 276 g/mol. The van der Waals surface area contributed by atoms with E-state index in [9.17, 15) is 0 Å². The molecule has 0 saturated carbocycles. The van der Waals surface area contributed by atoms with Crippen LogP contribution in [0.1, 0.15) is 29.0 Å². The van der Waals surface area contributed by atoms with Crippen LogP contribution in [0.4, 0.5) is 0 Å². The molecule has 5 nitrogen and oxygen atoms in total. The summed E-state index contributed by atoms with van der Waals surface area (Å²) in [6.07, 6.45) is 3.28. The van der Waals surface area contributed by atoms with Gasteiger partial charge in [-0.25, -0.2) is 0 Å². The first-order valence-electron chi connectivity index (χ1n) is 7.71. The highest BCUT2D eigenvalue weighted by atomic mass is 16.5. The molecule has 2 aromatic rings. The van der Waals surface area contributed by atoms with Crippen LogP contribution < -0.4 is 10.6 Å². The monoisotopic (exact) mass is 298 g/mol. The molecular formula is C17H22N4O. The fourth-order valence-corrected chi connectivity index (χ4v) is 2.88. The molecule has 3 rings (SSSR count). The number of rotatable bonds is 3. The Bertz CT molecular complexity index is 662. The van der Waals surface area contributed by atoms with Gasteiger partial charge < -0.3 is 15.2 Å². The van der Waals surface area contributed by atoms with Crippen LogP contribution in [0.3, 0.4) is 0 Å². The Morgan fingerprint density at radius 1 is 1.36 bits per heavy atom. The summed E-state index contributed by atoms with van der Waals surface area (Å²) in [4.78, 5) is 4.29. The third-order valence-electron chi connectivity index (χ3n) is 4.02. The number of nitrogens with one attached hydrogen (secondary N) is 2. The Hall–Kier alpha value is -2.30. The van der Waals surface area contributed by atoms with Crippen LogP contribution in [0.15, 0.2) is 39.8 Å². The van der Waals surface area contributed by atoms with Crippen molar-refractivity contribution in [1.82, 2.24) is 15.8 Å². The van der Waals surface area contributed by atoms with Gasteiger partial charge in [0.15, 0.2) is 11.7 Å². The standard InChI is InChI=1S/C17H22N4O/c1-12-9-16(22-21-12)11-19-17(18-2)20-15-8-7-13-5-3-4-6-14(13)10-15/h3-6,9,15H,7-8,10-11H2,1-2H3,(H2,18,19,20). The maximum absolute atomic E-state index is 5.20. The number of nitrogens with zero attached hydrogens (tertiary/aromatic N) is 2. The lowest BCUT2D eigenvalue weighted by Gasteiger charge is -2.26. The van der Waals surface area contributed by atoms with Gasteiger partial charge in [-0.3, -0.25) is 4.99 Å². The van der Waals surface area contributed by atoms with E-state index in [-0.39, 0.29) is 0 Å². The second kappa shape index (κ2) is 6.64. The zero-order chi connectivity index (χ0) is 15.4. The van der Waals surface area contributed by atoms with Gasteiger partial charge in [0.2, 0.25) is 0 Å². The van der Waals surface area contributed by atoms with Crippen LogP contribution in [0.25, 0.3) is 0 Å². The minimum Gasteiger partial charge on any atom is -0.359 e. The van der Waals surface area contributed by atoms with Gasteiger partial charge in [-0.05, 0) is 37.3 Å². The molecule has 1 heterocycles. The number of aryl methyl sites for hydroxylation is 2. The minimum atomic E-state index is 0.414. The Morgan fingerprint density at radius 3 is 2.91 bits per heavy atom. The molecule has 1 aliphatic carbocycles. The zero-order valence-corrected chi connectivity index (χ0v) is 13.1. The lowest BCUT2D eigenvalue weighted by molar-refractivity contribution is 0.376. The van der Waals surface area contributed by atoms with Crippen molar-refractivity contribution in [1.29, 1.82) is 0 Å². The first-order valence-corrected chi connectivity index (χ1v) is 7.71. The highest BCUT2D eigenvalue weighted by molar-refractivity contribution is 5.80. The molecule has 0 bridgehead atoms. The van der Waals surface area contributed by atoms with Crippen LogP contribution in [-0.4, -0.2) is 24.2 Å². The number of fused-ring (bicyclic) bond motifs is 1. The number of aromatic nitrogens is 1. The van der Waals surface area contributed by atoms with E-state index in [0.717, 1.165) is 36.7 Å². The van der Waals surface area contributed by atoms with E-state index >= 15 is 0 Å². The van der Waals surface area contributed by atoms with Crippen LogP contribution in [-0.2, 0) is 19.4 Å². The van der Waals surface area contributed by atoms with Crippen molar-refractivity contribution in [2.45, 2.75) is 38.8 Å². The fourth-order valence-electron chi connectivity index (χ4n) is 2.88. The average molecular weight is 298 g/mol. The van der Waals surface area contributed by atoms with Gasteiger partial charge in [0.25, 0.3) is 0 Å². The van der Waals surface area contributed by atoms with E-state index in [0.29, 0.717) is 12.6 Å². The highest BCUT2D eigenvalue weighted by Gasteiger charge is 2.19. The van der Waals surface area contributed by atoms with Crippen molar-refractivity contribution in [2.75, 3.05) is 7.05 Å². The van der Waals surface area contributed by atoms with E-state index in [1.165, 1.54) is 11.1 Å². The van der Waals surface area contributed by atoms with Gasteiger partial charge >= 0.3 is 0 Å². The van der Waals surface area contributed by atoms with Crippen LogP contribution in [0.2, 0.25) is 0 Å². The van der Waals surface area contributed by atoms with Crippen molar-refractivity contribution in [2.24, 2.45) is 4.99 Å². The lowest BCUT2D eigenvalue weighted by Crippen LogP contribution is -2.45. The summed E-state index contributed by atoms with van der Waals surface area (Å²) in [6.45, 7) is 2.50. The Kier molecular flexibility index (Phi) is 4.42. The Labute approximate surface area is 130 Å². The molecule has 1 atom stereocenters. The normalized spacial score (nSPS) is 17.9. The second-order valence-electron chi connectivity index (χ2n) is 5.71. The lowest BCUT2D eigenvalue weighted by atomic mass is 9.88. The van der Waals surface area contributed by atoms with Gasteiger partial charge in [-0.1, -0.05) is 29.4 Å². The summed E-state index contributed by atoms with van der Waals surface area (Å²) in [5.74, 6) is 1.62. The summed E-state index contributed by atoms with van der Waals surface area (Å²) in [6, 6.07) is 11.0. The average Bonchev–Trinajstić information content (AvgIpc) is 2.96. The fraction of sp³-hybridized carbons (Fsp3) is 0.412. The van der Waals surface area contributed by atoms with Gasteiger partial charge in [0.1, 0.15) is 0 Å². The van der Waals surface area contributed by atoms with Crippen molar-refractivity contribution < 1.29 is 4.52 Å². The van der Waals surface area contributed by atoms with Gasteiger partial charge in [0.05, 0.1) is 12.2 Å². The predicted molar refractivity (Wildman–Crippen MR) is 86.8 cm³/mol. The third-order valence-corrected chi connectivity index (χ3v) is 4.02. The smallest absolute Gasteiger partial charge is 0.191 e. The zero-order valence-electron chi connectivity index (χ0n) is 13.1.